The third kappa shape index (κ3) is 1.43. The molecule has 90 valence electrons. The lowest BCUT2D eigenvalue weighted by Gasteiger charge is -2.37. The van der Waals surface area contributed by atoms with E-state index in [4.69, 9.17) is 0 Å². The van der Waals surface area contributed by atoms with Gasteiger partial charge in [0.05, 0.1) is 5.69 Å². The minimum Gasteiger partial charge on any atom is -0.362 e. The zero-order valence-corrected chi connectivity index (χ0v) is 9.99. The highest BCUT2D eigenvalue weighted by atomic mass is 16.3. The number of nitrogens with zero attached hydrogens (tertiary/aromatic N) is 3. The fourth-order valence-corrected chi connectivity index (χ4v) is 2.22. The first kappa shape index (κ1) is 10.9. The number of hydrogen-bond acceptors (Lipinski definition) is 4. The molecule has 0 unspecified atom stereocenters. The maximum atomic E-state index is 11.0. The Morgan fingerprint density at radius 2 is 1.67 bits per heavy atom. The van der Waals surface area contributed by atoms with Crippen molar-refractivity contribution in [2.24, 2.45) is 10.3 Å². The molecule has 0 fully saturated rings. The molecule has 1 aliphatic rings. The van der Waals surface area contributed by atoms with Crippen molar-refractivity contribution in [1.82, 2.24) is 5.01 Å². The van der Waals surface area contributed by atoms with Gasteiger partial charge in [0, 0.05) is 18.2 Å². The number of benzene rings is 2. The van der Waals surface area contributed by atoms with Gasteiger partial charge in [0.2, 0.25) is 5.72 Å². The third-order valence-electron chi connectivity index (χ3n) is 3.21. The van der Waals surface area contributed by atoms with Crippen molar-refractivity contribution in [2.75, 3.05) is 7.05 Å². The Kier molecular flexibility index (Phi) is 2.38. The highest BCUT2D eigenvalue weighted by Crippen LogP contribution is 2.41. The van der Waals surface area contributed by atoms with Crippen LogP contribution >= 0.6 is 0 Å². The standard InChI is InChI=1S/C14H13N3O/c1-17-14(18,11-7-3-2-4-8-11)12-9-5-6-10-13(12)15-16-17/h2-10,18H,1H3/t14-/m1/s1. The van der Waals surface area contributed by atoms with Crippen LogP contribution < -0.4 is 0 Å². The molecule has 0 aliphatic carbocycles. The Labute approximate surface area is 105 Å². The fraction of sp³-hybridized carbons (Fsp3) is 0.143. The van der Waals surface area contributed by atoms with E-state index in [0.29, 0.717) is 5.69 Å². The molecular weight excluding hydrogens is 226 g/mol. The maximum Gasteiger partial charge on any atom is 0.209 e. The zero-order valence-electron chi connectivity index (χ0n) is 9.99. The van der Waals surface area contributed by atoms with Crippen LogP contribution in [0.4, 0.5) is 5.69 Å². The van der Waals surface area contributed by atoms with E-state index < -0.39 is 5.72 Å². The second-order valence-corrected chi connectivity index (χ2v) is 4.27. The van der Waals surface area contributed by atoms with Crippen molar-refractivity contribution < 1.29 is 5.11 Å². The number of aliphatic hydroxyl groups is 1. The van der Waals surface area contributed by atoms with Crippen molar-refractivity contribution in [3.8, 4) is 0 Å². The summed E-state index contributed by atoms with van der Waals surface area (Å²) >= 11 is 0. The van der Waals surface area contributed by atoms with Gasteiger partial charge in [-0.1, -0.05) is 53.8 Å². The first-order valence-corrected chi connectivity index (χ1v) is 5.76. The lowest BCUT2D eigenvalue weighted by molar-refractivity contribution is -0.0736. The van der Waals surface area contributed by atoms with Gasteiger partial charge in [-0.05, 0) is 6.07 Å². The molecule has 4 heteroatoms. The Balaban J connectivity index is 2.24. The molecular formula is C14H13N3O. The van der Waals surface area contributed by atoms with Crippen LogP contribution in [0.15, 0.2) is 64.9 Å². The van der Waals surface area contributed by atoms with Crippen LogP contribution in [0.25, 0.3) is 0 Å². The Morgan fingerprint density at radius 3 is 2.44 bits per heavy atom. The van der Waals surface area contributed by atoms with Crippen molar-refractivity contribution >= 4 is 5.69 Å². The van der Waals surface area contributed by atoms with Gasteiger partial charge in [0.15, 0.2) is 0 Å². The summed E-state index contributed by atoms with van der Waals surface area (Å²) in [4.78, 5) is 0. The van der Waals surface area contributed by atoms with Crippen LogP contribution in [0.1, 0.15) is 11.1 Å². The summed E-state index contributed by atoms with van der Waals surface area (Å²) in [5, 5.41) is 20.6. The topological polar surface area (TPSA) is 48.2 Å². The molecule has 1 atom stereocenters. The largest absolute Gasteiger partial charge is 0.362 e. The summed E-state index contributed by atoms with van der Waals surface area (Å²) in [5.41, 5.74) is 0.953. The van der Waals surface area contributed by atoms with E-state index in [9.17, 15) is 5.11 Å². The molecule has 0 spiro atoms. The second-order valence-electron chi connectivity index (χ2n) is 4.27. The Hall–Kier alpha value is -2.20. The third-order valence-corrected chi connectivity index (χ3v) is 3.21. The summed E-state index contributed by atoms with van der Waals surface area (Å²) in [7, 11) is 1.71. The number of rotatable bonds is 1. The van der Waals surface area contributed by atoms with Crippen LogP contribution in [-0.4, -0.2) is 17.2 Å². The minimum atomic E-state index is -1.26. The van der Waals surface area contributed by atoms with E-state index in [1.165, 1.54) is 5.01 Å². The van der Waals surface area contributed by atoms with Gasteiger partial charge in [-0.3, -0.25) is 0 Å². The zero-order chi connectivity index (χ0) is 12.6. The SMILES string of the molecule is CN1N=Nc2ccccc2[C@]1(O)c1ccccc1. The van der Waals surface area contributed by atoms with E-state index in [2.05, 4.69) is 10.3 Å². The molecule has 2 aromatic carbocycles. The molecule has 0 saturated heterocycles. The number of fused-ring (bicyclic) bond motifs is 1. The van der Waals surface area contributed by atoms with Gasteiger partial charge in [0.25, 0.3) is 0 Å². The highest BCUT2D eigenvalue weighted by molar-refractivity contribution is 5.53. The summed E-state index contributed by atoms with van der Waals surface area (Å²) < 4.78 is 0. The predicted octanol–water partition coefficient (Wildman–Crippen LogP) is 2.82. The van der Waals surface area contributed by atoms with Crippen molar-refractivity contribution in [3.63, 3.8) is 0 Å². The van der Waals surface area contributed by atoms with E-state index in [-0.39, 0.29) is 0 Å². The lowest BCUT2D eigenvalue weighted by Crippen LogP contribution is -2.42. The van der Waals surface area contributed by atoms with Gasteiger partial charge >= 0.3 is 0 Å². The van der Waals surface area contributed by atoms with Crippen LogP contribution in [0.5, 0.6) is 0 Å². The molecule has 18 heavy (non-hydrogen) atoms. The summed E-state index contributed by atoms with van der Waals surface area (Å²) in [6.45, 7) is 0. The Bertz CT molecular complexity index is 597. The molecule has 0 saturated carbocycles. The van der Waals surface area contributed by atoms with Crippen molar-refractivity contribution in [1.29, 1.82) is 0 Å². The molecule has 3 rings (SSSR count). The molecule has 0 bridgehead atoms. The molecule has 1 aliphatic heterocycles. The van der Waals surface area contributed by atoms with Crippen molar-refractivity contribution in [2.45, 2.75) is 5.72 Å². The van der Waals surface area contributed by atoms with Gasteiger partial charge in [-0.2, -0.15) is 0 Å². The van der Waals surface area contributed by atoms with Gasteiger partial charge < -0.3 is 5.11 Å². The minimum absolute atomic E-state index is 0.696. The molecule has 1 N–H and O–H groups in total. The van der Waals surface area contributed by atoms with Gasteiger partial charge in [-0.25, -0.2) is 5.01 Å². The van der Waals surface area contributed by atoms with Gasteiger partial charge in [0.1, 0.15) is 0 Å². The average Bonchev–Trinajstić information content (AvgIpc) is 2.44. The van der Waals surface area contributed by atoms with E-state index in [0.717, 1.165) is 11.1 Å². The van der Waals surface area contributed by atoms with Crippen LogP contribution in [0, 0.1) is 0 Å². The number of hydrogen-bond donors (Lipinski definition) is 1. The average molecular weight is 239 g/mol. The van der Waals surface area contributed by atoms with Crippen LogP contribution in [0.3, 0.4) is 0 Å². The monoisotopic (exact) mass is 239 g/mol. The smallest absolute Gasteiger partial charge is 0.209 e. The van der Waals surface area contributed by atoms with E-state index >= 15 is 0 Å². The van der Waals surface area contributed by atoms with E-state index in [1.807, 2.05) is 54.6 Å². The quantitative estimate of drug-likeness (QED) is 0.831. The van der Waals surface area contributed by atoms with Crippen LogP contribution in [-0.2, 0) is 5.72 Å². The normalized spacial score (nSPS) is 21.8. The first-order valence-electron chi connectivity index (χ1n) is 5.76. The molecule has 0 amide bonds. The first-order chi connectivity index (χ1) is 8.73. The molecule has 4 nitrogen and oxygen atoms in total. The summed E-state index contributed by atoms with van der Waals surface area (Å²) in [5.74, 6) is 0. The second kappa shape index (κ2) is 3.92. The summed E-state index contributed by atoms with van der Waals surface area (Å²) in [6, 6.07) is 17.0. The predicted molar refractivity (Wildman–Crippen MR) is 68.2 cm³/mol. The fourth-order valence-electron chi connectivity index (χ4n) is 2.22. The Morgan fingerprint density at radius 1 is 1.00 bits per heavy atom. The van der Waals surface area contributed by atoms with Crippen molar-refractivity contribution in [3.05, 3.63) is 65.7 Å². The van der Waals surface area contributed by atoms with Gasteiger partial charge in [-0.15, -0.1) is 5.11 Å². The molecule has 1 heterocycles. The summed E-state index contributed by atoms with van der Waals surface area (Å²) in [6.07, 6.45) is 0. The molecule has 0 radical (unpaired) electrons. The highest BCUT2D eigenvalue weighted by Gasteiger charge is 2.40. The van der Waals surface area contributed by atoms with E-state index in [1.54, 1.807) is 7.05 Å². The maximum absolute atomic E-state index is 11.0. The molecule has 0 aromatic heterocycles. The lowest BCUT2D eigenvalue weighted by atomic mass is 9.92. The van der Waals surface area contributed by atoms with Crippen LogP contribution in [0.2, 0.25) is 0 Å². The molecule has 2 aromatic rings.